The molecule has 36 heavy (non-hydrogen) atoms. The molecular formula is C29H36N4O3. The van der Waals surface area contributed by atoms with E-state index in [1.807, 2.05) is 50.3 Å². The first-order valence-corrected chi connectivity index (χ1v) is 11.9. The van der Waals surface area contributed by atoms with Crippen LogP contribution in [0.5, 0.6) is 5.75 Å². The summed E-state index contributed by atoms with van der Waals surface area (Å²) in [6.07, 6.45) is 5.99. The van der Waals surface area contributed by atoms with Gasteiger partial charge in [-0.25, -0.2) is 4.79 Å². The van der Waals surface area contributed by atoms with Gasteiger partial charge in [-0.1, -0.05) is 63.9 Å². The maximum Gasteiger partial charge on any atom is 0.319 e. The van der Waals surface area contributed by atoms with Crippen LogP contribution in [0.2, 0.25) is 0 Å². The first-order chi connectivity index (χ1) is 17.4. The van der Waals surface area contributed by atoms with E-state index in [2.05, 4.69) is 35.7 Å². The number of anilines is 2. The number of nitrogens with zero attached hydrogens (tertiary/aromatic N) is 1. The van der Waals surface area contributed by atoms with Crippen LogP contribution in [0.15, 0.2) is 96.7 Å². The third-order valence-electron chi connectivity index (χ3n) is 5.27. The fraction of sp³-hybridized carbons (Fsp3) is 0.241. The molecule has 0 spiro atoms. The average molecular weight is 489 g/mol. The van der Waals surface area contributed by atoms with Gasteiger partial charge in [-0.3, -0.25) is 4.99 Å². The van der Waals surface area contributed by atoms with E-state index in [-0.39, 0.29) is 17.8 Å². The summed E-state index contributed by atoms with van der Waals surface area (Å²) in [5.74, 6) is 0.140. The summed E-state index contributed by atoms with van der Waals surface area (Å²) >= 11 is 0. The number of rotatable bonds is 9. The van der Waals surface area contributed by atoms with Crippen molar-refractivity contribution < 1.29 is 14.6 Å². The Balaban J connectivity index is 0.00000222. The SMILES string of the molecule is C=C/C=C(\C=C)CC1N=C(c2ccc(NC(=O)NCCOC)cc2)c2cc(O)ccc2NC1=C.CC. The van der Waals surface area contributed by atoms with E-state index < -0.39 is 0 Å². The number of phenolic OH excluding ortho intramolecular Hbond substituents is 1. The van der Waals surface area contributed by atoms with Gasteiger partial charge in [-0.2, -0.15) is 0 Å². The summed E-state index contributed by atoms with van der Waals surface area (Å²) in [4.78, 5) is 17.0. The van der Waals surface area contributed by atoms with Crippen LogP contribution in [0.1, 0.15) is 31.4 Å². The quantitative estimate of drug-likeness (QED) is 0.197. The van der Waals surface area contributed by atoms with Gasteiger partial charge in [0.05, 0.1) is 18.4 Å². The molecule has 0 saturated carbocycles. The highest BCUT2D eigenvalue weighted by Gasteiger charge is 2.23. The molecule has 0 radical (unpaired) electrons. The first-order valence-electron chi connectivity index (χ1n) is 11.9. The van der Waals surface area contributed by atoms with Gasteiger partial charge in [-0.15, -0.1) is 0 Å². The van der Waals surface area contributed by atoms with Crippen molar-refractivity contribution in [1.82, 2.24) is 5.32 Å². The second kappa shape index (κ2) is 14.3. The first kappa shape index (κ1) is 28.1. The van der Waals surface area contributed by atoms with Crippen molar-refractivity contribution in [3.8, 4) is 5.75 Å². The molecule has 2 amide bonds. The van der Waals surface area contributed by atoms with Crippen molar-refractivity contribution in [2.45, 2.75) is 26.3 Å². The van der Waals surface area contributed by atoms with Gasteiger partial charge in [0.1, 0.15) is 5.75 Å². The van der Waals surface area contributed by atoms with Crippen LogP contribution in [-0.4, -0.2) is 43.2 Å². The molecule has 0 aromatic heterocycles. The lowest BCUT2D eigenvalue weighted by Crippen LogP contribution is -2.31. The van der Waals surface area contributed by atoms with Crippen molar-refractivity contribution in [3.63, 3.8) is 0 Å². The number of aliphatic imine (C=N–C) groups is 1. The molecule has 190 valence electrons. The largest absolute Gasteiger partial charge is 0.508 e. The Labute approximate surface area is 214 Å². The van der Waals surface area contributed by atoms with Gasteiger partial charge in [0.2, 0.25) is 0 Å². The summed E-state index contributed by atoms with van der Waals surface area (Å²) in [5.41, 5.74) is 5.48. The number of hydrogen-bond acceptors (Lipinski definition) is 5. The third kappa shape index (κ3) is 7.71. The van der Waals surface area contributed by atoms with Crippen LogP contribution in [-0.2, 0) is 4.74 Å². The normalized spacial score (nSPS) is 14.6. The average Bonchev–Trinajstić information content (AvgIpc) is 3.01. The highest BCUT2D eigenvalue weighted by atomic mass is 16.5. The second-order valence-electron chi connectivity index (χ2n) is 7.71. The Morgan fingerprint density at radius 2 is 1.92 bits per heavy atom. The summed E-state index contributed by atoms with van der Waals surface area (Å²) < 4.78 is 4.93. The molecule has 1 unspecified atom stereocenters. The minimum Gasteiger partial charge on any atom is -0.508 e. The topological polar surface area (TPSA) is 95.0 Å². The number of phenols is 1. The minimum absolute atomic E-state index is 0.140. The molecule has 2 aromatic rings. The lowest BCUT2D eigenvalue weighted by atomic mass is 9.99. The van der Waals surface area contributed by atoms with Crippen LogP contribution in [0.3, 0.4) is 0 Å². The minimum atomic E-state index is -0.307. The predicted octanol–water partition coefficient (Wildman–Crippen LogP) is 6.02. The van der Waals surface area contributed by atoms with Gasteiger partial charge in [-0.05, 0) is 35.9 Å². The van der Waals surface area contributed by atoms with Crippen LogP contribution >= 0.6 is 0 Å². The Bertz CT molecular complexity index is 1130. The number of nitrogens with one attached hydrogen (secondary N) is 3. The molecule has 0 bridgehead atoms. The van der Waals surface area contributed by atoms with Crippen molar-refractivity contribution in [3.05, 3.63) is 103 Å². The lowest BCUT2D eigenvalue weighted by molar-refractivity contribution is 0.198. The van der Waals surface area contributed by atoms with Crippen molar-refractivity contribution in [2.24, 2.45) is 4.99 Å². The van der Waals surface area contributed by atoms with Gasteiger partial charge in [0.15, 0.2) is 0 Å². The van der Waals surface area contributed by atoms with E-state index in [1.165, 1.54) is 0 Å². The number of amides is 2. The zero-order valence-corrected chi connectivity index (χ0v) is 21.3. The Kier molecular flexibility index (Phi) is 11.2. The van der Waals surface area contributed by atoms with E-state index in [9.17, 15) is 9.90 Å². The number of aromatic hydroxyl groups is 1. The zero-order chi connectivity index (χ0) is 26.5. The molecule has 7 heteroatoms. The number of hydrogen-bond donors (Lipinski definition) is 4. The Morgan fingerprint density at radius 3 is 2.56 bits per heavy atom. The molecule has 1 heterocycles. The molecule has 1 atom stereocenters. The van der Waals surface area contributed by atoms with Crippen LogP contribution in [0, 0.1) is 0 Å². The van der Waals surface area contributed by atoms with Crippen LogP contribution in [0.25, 0.3) is 0 Å². The summed E-state index contributed by atoms with van der Waals surface area (Å²) in [7, 11) is 1.58. The third-order valence-corrected chi connectivity index (χ3v) is 5.27. The summed E-state index contributed by atoms with van der Waals surface area (Å²) in [5, 5.41) is 19.0. The maximum atomic E-state index is 12.0. The smallest absolute Gasteiger partial charge is 0.319 e. The number of carbonyl (C=O) groups is 1. The van der Waals surface area contributed by atoms with E-state index in [0.717, 1.165) is 28.1 Å². The van der Waals surface area contributed by atoms with E-state index in [1.54, 1.807) is 31.4 Å². The second-order valence-corrected chi connectivity index (χ2v) is 7.71. The van der Waals surface area contributed by atoms with E-state index in [0.29, 0.717) is 31.0 Å². The zero-order valence-electron chi connectivity index (χ0n) is 21.3. The monoisotopic (exact) mass is 488 g/mol. The van der Waals surface area contributed by atoms with Gasteiger partial charge in [0, 0.05) is 48.3 Å². The van der Waals surface area contributed by atoms with Gasteiger partial charge >= 0.3 is 6.03 Å². The van der Waals surface area contributed by atoms with Gasteiger partial charge < -0.3 is 25.8 Å². The van der Waals surface area contributed by atoms with Crippen molar-refractivity contribution in [2.75, 3.05) is 30.9 Å². The number of methoxy groups -OCH3 is 1. The summed E-state index contributed by atoms with van der Waals surface area (Å²) in [6.45, 7) is 16.7. The molecule has 2 aromatic carbocycles. The highest BCUT2D eigenvalue weighted by Crippen LogP contribution is 2.31. The number of ether oxygens (including phenoxy) is 1. The number of carbonyl (C=O) groups excluding carboxylic acids is 1. The maximum absolute atomic E-state index is 12.0. The van der Waals surface area contributed by atoms with Gasteiger partial charge in [0.25, 0.3) is 0 Å². The standard InChI is InChI=1S/C27H30N4O3.C2H6/c1-5-7-19(6-2)16-25-18(3)29-24-13-12-22(32)17-23(24)26(31-25)20-8-10-21(11-9-20)30-27(33)28-14-15-34-4;1-2/h5-13,17,25,29,32H,1-3,14-16H2,4H3,(H2,28,30,33);1-2H3/b19-7+;. The number of allylic oxidation sites excluding steroid dienone is 3. The lowest BCUT2D eigenvalue weighted by Gasteiger charge is -2.16. The molecule has 1 aliphatic heterocycles. The fourth-order valence-corrected chi connectivity index (χ4v) is 3.54. The molecule has 0 saturated heterocycles. The number of benzene rings is 2. The van der Waals surface area contributed by atoms with E-state index in [4.69, 9.17) is 9.73 Å². The number of benzodiazepines with no additional fused rings is 1. The number of fused-ring (bicyclic) bond motifs is 1. The van der Waals surface area contributed by atoms with Crippen LogP contribution < -0.4 is 16.0 Å². The Hall–Kier alpha value is -4.10. The molecule has 4 N–H and O–H groups in total. The van der Waals surface area contributed by atoms with E-state index >= 15 is 0 Å². The van der Waals surface area contributed by atoms with Crippen molar-refractivity contribution in [1.29, 1.82) is 0 Å². The predicted molar refractivity (Wildman–Crippen MR) is 150 cm³/mol. The van der Waals surface area contributed by atoms with Crippen molar-refractivity contribution >= 4 is 23.1 Å². The summed E-state index contributed by atoms with van der Waals surface area (Å²) in [6, 6.07) is 11.9. The molecular weight excluding hydrogens is 452 g/mol. The molecule has 0 fully saturated rings. The fourth-order valence-electron chi connectivity index (χ4n) is 3.54. The molecule has 0 aliphatic carbocycles. The number of urea groups is 1. The Morgan fingerprint density at radius 1 is 1.19 bits per heavy atom. The van der Waals surface area contributed by atoms with Crippen LogP contribution in [0.4, 0.5) is 16.2 Å². The molecule has 3 rings (SSSR count). The molecule has 7 nitrogen and oxygen atoms in total. The molecule has 1 aliphatic rings. The highest BCUT2D eigenvalue weighted by molar-refractivity contribution is 6.17.